The zero-order chi connectivity index (χ0) is 36.2. The van der Waals surface area contributed by atoms with Crippen molar-refractivity contribution >= 4 is 43.7 Å². The molecule has 10 rings (SSSR count). The maximum Gasteiger partial charge on any atom is 0.146 e. The molecule has 0 unspecified atom stereocenters. The molecule has 0 N–H and O–H groups in total. The zero-order valence-corrected chi connectivity index (χ0v) is 28.8. The average Bonchev–Trinajstić information content (AvgIpc) is 3.76. The summed E-state index contributed by atoms with van der Waals surface area (Å²) < 4.78 is 4.36. The van der Waals surface area contributed by atoms with Crippen molar-refractivity contribution in [2.75, 3.05) is 0 Å². The Balaban J connectivity index is 1.29. The smallest absolute Gasteiger partial charge is 0.146 e. The van der Waals surface area contributed by atoms with E-state index >= 15 is 0 Å². The van der Waals surface area contributed by atoms with E-state index in [-0.39, 0.29) is 0 Å². The Hall–Kier alpha value is -7.80. The number of rotatable bonds is 5. The molecular weight excluding hydrogens is 661 g/mol. The fourth-order valence-electron chi connectivity index (χ4n) is 7.87. The van der Waals surface area contributed by atoms with Gasteiger partial charge >= 0.3 is 0 Å². The summed E-state index contributed by atoms with van der Waals surface area (Å²) in [4.78, 5) is 10.4. The summed E-state index contributed by atoms with van der Waals surface area (Å²) in [6, 6.07) is 60.1. The van der Waals surface area contributed by atoms with Crippen LogP contribution >= 0.6 is 0 Å². The largest absolute Gasteiger partial charge is 0.294 e. The first-order chi connectivity index (χ1) is 26.7. The first-order valence-corrected chi connectivity index (χ1v) is 17.7. The molecule has 6 nitrogen and oxygen atoms in total. The number of nitrogens with zero attached hydrogens (tertiary/aromatic N) is 6. The average molecular weight is 689 g/mol. The highest BCUT2D eigenvalue weighted by Crippen LogP contribution is 2.41. The lowest BCUT2D eigenvalue weighted by Crippen LogP contribution is -2.05. The minimum Gasteiger partial charge on any atom is -0.294 e. The van der Waals surface area contributed by atoms with Gasteiger partial charge in [-0.15, -0.1) is 0 Å². The minimum atomic E-state index is 0.610. The molecule has 4 aromatic heterocycles. The van der Waals surface area contributed by atoms with Crippen LogP contribution in [0.15, 0.2) is 170 Å². The molecule has 0 radical (unpaired) electrons. The quantitative estimate of drug-likeness (QED) is 0.180. The van der Waals surface area contributed by atoms with Gasteiger partial charge in [0.1, 0.15) is 17.3 Å². The monoisotopic (exact) mass is 688 g/mol. The fourth-order valence-corrected chi connectivity index (χ4v) is 7.87. The van der Waals surface area contributed by atoms with Crippen molar-refractivity contribution < 1.29 is 0 Å². The third-order valence-electron chi connectivity index (χ3n) is 10.3. The van der Waals surface area contributed by atoms with Gasteiger partial charge in [-0.2, -0.15) is 10.5 Å². The van der Waals surface area contributed by atoms with E-state index in [0.717, 1.165) is 88.8 Å². The van der Waals surface area contributed by atoms with Crippen molar-refractivity contribution in [2.45, 2.75) is 0 Å². The third kappa shape index (κ3) is 4.87. The van der Waals surface area contributed by atoms with Crippen LogP contribution in [0.5, 0.6) is 0 Å². The first kappa shape index (κ1) is 31.0. The molecule has 0 amide bonds. The molecule has 0 saturated carbocycles. The zero-order valence-electron chi connectivity index (χ0n) is 28.8. The van der Waals surface area contributed by atoms with E-state index in [2.05, 4.69) is 124 Å². The molecule has 0 bridgehead atoms. The Kier molecular flexibility index (Phi) is 7.15. The second-order valence-corrected chi connectivity index (χ2v) is 13.3. The standard InChI is InChI=1S/C48H28N6/c49-29-31-19-22-33(23-20-31)35-10-1-3-12-37(35)38-13-4-2-11-36(38)34-27-46(53-43-17-7-6-15-40(43)42-26-32(30-50)21-24-45(42)53)52-47(28-34)54-44-18-8-5-14-39(44)41-16-9-25-51-48(41)54/h1-28H. The summed E-state index contributed by atoms with van der Waals surface area (Å²) in [5.74, 6) is 1.48. The number of benzene rings is 6. The normalized spacial score (nSPS) is 11.3. The molecule has 4 heterocycles. The van der Waals surface area contributed by atoms with Gasteiger partial charge < -0.3 is 0 Å². The Morgan fingerprint density at radius 2 is 0.926 bits per heavy atom. The molecule has 0 saturated heterocycles. The molecule has 0 aliphatic rings. The number of hydrogen-bond donors (Lipinski definition) is 0. The van der Waals surface area contributed by atoms with Crippen molar-refractivity contribution in [3.05, 3.63) is 181 Å². The highest BCUT2D eigenvalue weighted by atomic mass is 15.2. The number of pyridine rings is 2. The predicted molar refractivity (Wildman–Crippen MR) is 216 cm³/mol. The van der Waals surface area contributed by atoms with Crippen LogP contribution in [0.1, 0.15) is 11.1 Å². The van der Waals surface area contributed by atoms with Gasteiger partial charge in [-0.3, -0.25) is 9.13 Å². The van der Waals surface area contributed by atoms with Crippen LogP contribution in [-0.4, -0.2) is 19.1 Å². The van der Waals surface area contributed by atoms with Crippen LogP contribution in [0, 0.1) is 22.7 Å². The summed E-state index contributed by atoms with van der Waals surface area (Å²) >= 11 is 0. The van der Waals surface area contributed by atoms with E-state index in [1.807, 2.05) is 66.9 Å². The minimum absolute atomic E-state index is 0.610. The van der Waals surface area contributed by atoms with Gasteiger partial charge in [0.05, 0.1) is 39.8 Å². The molecule has 250 valence electrons. The van der Waals surface area contributed by atoms with Crippen molar-refractivity contribution in [3.63, 3.8) is 0 Å². The summed E-state index contributed by atoms with van der Waals surface area (Å²) in [6.45, 7) is 0. The number of nitriles is 2. The molecule has 0 spiro atoms. The molecule has 0 fully saturated rings. The van der Waals surface area contributed by atoms with Gasteiger partial charge in [0, 0.05) is 27.7 Å². The first-order valence-electron chi connectivity index (χ1n) is 17.7. The molecule has 0 aliphatic heterocycles. The van der Waals surface area contributed by atoms with Crippen LogP contribution in [-0.2, 0) is 0 Å². The lowest BCUT2D eigenvalue weighted by molar-refractivity contribution is 1.00. The highest BCUT2D eigenvalue weighted by molar-refractivity contribution is 6.10. The lowest BCUT2D eigenvalue weighted by atomic mass is 9.89. The Morgan fingerprint density at radius 3 is 1.61 bits per heavy atom. The van der Waals surface area contributed by atoms with Crippen molar-refractivity contribution in [1.29, 1.82) is 10.5 Å². The van der Waals surface area contributed by atoms with Gasteiger partial charge in [-0.25, -0.2) is 9.97 Å². The van der Waals surface area contributed by atoms with Gasteiger partial charge in [0.25, 0.3) is 0 Å². The molecule has 10 aromatic rings. The van der Waals surface area contributed by atoms with Gasteiger partial charge in [0.15, 0.2) is 0 Å². The molecule has 54 heavy (non-hydrogen) atoms. The Morgan fingerprint density at radius 1 is 0.407 bits per heavy atom. The van der Waals surface area contributed by atoms with Crippen LogP contribution in [0.2, 0.25) is 0 Å². The maximum atomic E-state index is 9.82. The number of fused-ring (bicyclic) bond motifs is 6. The number of para-hydroxylation sites is 2. The Labute approximate surface area is 310 Å². The summed E-state index contributed by atoms with van der Waals surface area (Å²) in [7, 11) is 0. The van der Waals surface area contributed by atoms with Crippen LogP contribution in [0.25, 0.3) is 88.8 Å². The summed E-state index contributed by atoms with van der Waals surface area (Å²) in [5.41, 5.74) is 11.3. The second-order valence-electron chi connectivity index (χ2n) is 13.3. The lowest BCUT2D eigenvalue weighted by Gasteiger charge is -2.17. The maximum absolute atomic E-state index is 9.82. The fraction of sp³-hybridized carbons (Fsp3) is 0. The Bertz CT molecular complexity index is 3140. The van der Waals surface area contributed by atoms with Crippen LogP contribution in [0.3, 0.4) is 0 Å². The van der Waals surface area contributed by atoms with Crippen molar-refractivity contribution in [3.8, 4) is 57.2 Å². The van der Waals surface area contributed by atoms with E-state index in [4.69, 9.17) is 9.97 Å². The van der Waals surface area contributed by atoms with Crippen LogP contribution in [0.4, 0.5) is 0 Å². The van der Waals surface area contributed by atoms with Gasteiger partial charge in [-0.1, -0.05) is 97.1 Å². The SMILES string of the molecule is N#Cc1ccc(-c2ccccc2-c2ccccc2-c2cc(-n3c4ccccc4c4cc(C#N)ccc43)nc(-n3c4ccccc4c4cccnc43)c2)cc1. The van der Waals surface area contributed by atoms with Crippen molar-refractivity contribution in [2.24, 2.45) is 0 Å². The van der Waals surface area contributed by atoms with Gasteiger partial charge in [0.2, 0.25) is 0 Å². The third-order valence-corrected chi connectivity index (χ3v) is 10.3. The molecule has 6 heteroatoms. The summed E-state index contributed by atoms with van der Waals surface area (Å²) in [6.07, 6.45) is 1.83. The van der Waals surface area contributed by atoms with E-state index in [9.17, 15) is 10.5 Å². The molecule has 0 atom stereocenters. The van der Waals surface area contributed by atoms with E-state index in [1.165, 1.54) is 0 Å². The number of aromatic nitrogens is 4. The van der Waals surface area contributed by atoms with E-state index in [0.29, 0.717) is 11.1 Å². The van der Waals surface area contributed by atoms with Crippen LogP contribution < -0.4 is 0 Å². The molecule has 6 aromatic carbocycles. The van der Waals surface area contributed by atoms with Crippen molar-refractivity contribution in [1.82, 2.24) is 19.1 Å². The molecular formula is C48H28N6. The number of hydrogen-bond acceptors (Lipinski definition) is 4. The van der Waals surface area contributed by atoms with E-state index in [1.54, 1.807) is 0 Å². The highest BCUT2D eigenvalue weighted by Gasteiger charge is 2.21. The summed E-state index contributed by atoms with van der Waals surface area (Å²) in [5, 5.41) is 23.5. The second kappa shape index (κ2) is 12.5. The predicted octanol–water partition coefficient (Wildman–Crippen LogP) is 11.4. The molecule has 0 aliphatic carbocycles. The topological polar surface area (TPSA) is 83.2 Å². The van der Waals surface area contributed by atoms with Gasteiger partial charge in [-0.05, 0) is 100 Å². The van der Waals surface area contributed by atoms with E-state index < -0.39 is 0 Å².